The van der Waals surface area contributed by atoms with Crippen LogP contribution < -0.4 is 0 Å². The molecule has 2 saturated carbocycles. The molecule has 0 spiro atoms. The van der Waals surface area contributed by atoms with Gasteiger partial charge in [-0.15, -0.1) is 0 Å². The third-order valence-corrected chi connectivity index (χ3v) is 26.0. The molecular formula is C36H66O2S2Si2. The minimum atomic E-state index is -1.83. The van der Waals surface area contributed by atoms with Gasteiger partial charge in [0.25, 0.3) is 0 Å². The molecule has 3 rings (SSSR count). The lowest BCUT2D eigenvalue weighted by molar-refractivity contribution is 0.184. The first-order valence-corrected chi connectivity index (χ1v) is 23.8. The summed E-state index contributed by atoms with van der Waals surface area (Å²) < 4.78 is 14.5. The fourth-order valence-corrected chi connectivity index (χ4v) is 23.0. The molecule has 42 heavy (non-hydrogen) atoms. The first kappa shape index (κ1) is 36.7. The summed E-state index contributed by atoms with van der Waals surface area (Å²) in [6.07, 6.45) is 8.62. The molecule has 0 aliphatic heterocycles. The summed E-state index contributed by atoms with van der Waals surface area (Å²) in [4.78, 5) is 0. The Hall–Kier alpha value is 0.274. The molecule has 2 aliphatic rings. The van der Waals surface area contributed by atoms with Gasteiger partial charge in [0.2, 0.25) is 16.6 Å². The van der Waals surface area contributed by atoms with Crippen LogP contribution in [-0.2, 0) is 20.4 Å². The van der Waals surface area contributed by atoms with Crippen LogP contribution >= 0.6 is 23.5 Å². The summed E-state index contributed by atoms with van der Waals surface area (Å²) in [5.74, 6) is 2.20. The van der Waals surface area contributed by atoms with E-state index in [9.17, 15) is 0 Å². The van der Waals surface area contributed by atoms with Gasteiger partial charge in [-0.3, -0.25) is 0 Å². The largest absolute Gasteiger partial charge is 0.412 e. The zero-order chi connectivity index (χ0) is 31.2. The van der Waals surface area contributed by atoms with Gasteiger partial charge in [0.05, 0.1) is 12.2 Å². The number of hydrogen-bond acceptors (Lipinski definition) is 4. The second kappa shape index (κ2) is 16.2. The van der Waals surface area contributed by atoms with E-state index in [0.29, 0.717) is 56.0 Å². The van der Waals surface area contributed by atoms with Crippen molar-refractivity contribution in [3.05, 3.63) is 35.4 Å². The van der Waals surface area contributed by atoms with Crippen molar-refractivity contribution < 1.29 is 8.85 Å². The molecule has 0 aromatic heterocycles. The van der Waals surface area contributed by atoms with Crippen LogP contribution in [0.4, 0.5) is 0 Å². The highest BCUT2D eigenvalue weighted by molar-refractivity contribution is 7.99. The molecule has 6 heteroatoms. The van der Waals surface area contributed by atoms with Gasteiger partial charge in [-0.1, -0.05) is 107 Å². The van der Waals surface area contributed by atoms with E-state index in [1.54, 1.807) is 0 Å². The van der Waals surface area contributed by atoms with E-state index in [1.165, 1.54) is 49.7 Å². The smallest absolute Gasteiger partial charge is 0.200 e. The van der Waals surface area contributed by atoms with Crippen molar-refractivity contribution in [1.82, 2.24) is 0 Å². The van der Waals surface area contributed by atoms with Gasteiger partial charge in [0.1, 0.15) is 0 Å². The maximum absolute atomic E-state index is 7.27. The van der Waals surface area contributed by atoms with Crippen LogP contribution in [0.1, 0.15) is 133 Å². The van der Waals surface area contributed by atoms with Crippen molar-refractivity contribution in [3.63, 3.8) is 0 Å². The Morgan fingerprint density at radius 3 is 1.07 bits per heavy atom. The molecule has 0 radical (unpaired) electrons. The molecule has 2 aliphatic carbocycles. The Labute approximate surface area is 272 Å². The molecule has 4 atom stereocenters. The summed E-state index contributed by atoms with van der Waals surface area (Å²) in [6, 6.07) is 9.56. The normalized spacial score (nSPS) is 24.0. The minimum absolute atomic E-state index is 0.440. The van der Waals surface area contributed by atoms with E-state index in [2.05, 4.69) is 131 Å². The summed E-state index contributed by atoms with van der Waals surface area (Å²) in [5, 5.41) is 1.28. The van der Waals surface area contributed by atoms with Gasteiger partial charge in [0.15, 0.2) is 0 Å². The molecule has 0 bridgehead atoms. The van der Waals surface area contributed by atoms with E-state index in [4.69, 9.17) is 8.85 Å². The monoisotopic (exact) mass is 650 g/mol. The molecular weight excluding hydrogens is 585 g/mol. The number of thioether (sulfide) groups is 2. The first-order chi connectivity index (χ1) is 19.7. The van der Waals surface area contributed by atoms with Crippen LogP contribution in [0.15, 0.2) is 24.3 Å². The quantitative estimate of drug-likeness (QED) is 0.166. The lowest BCUT2D eigenvalue weighted by atomic mass is 10.2. The lowest BCUT2D eigenvalue weighted by Gasteiger charge is -2.45. The van der Waals surface area contributed by atoms with E-state index in [-0.39, 0.29) is 0 Å². The van der Waals surface area contributed by atoms with Crippen molar-refractivity contribution in [3.8, 4) is 0 Å². The molecule has 1 aromatic carbocycles. The summed E-state index contributed by atoms with van der Waals surface area (Å²) in [5.41, 5.74) is 6.87. The SMILES string of the molecule is CC(C)[Si](O[C@@H]1CCC[C@H]1SCc1ccc(CS[C@@H]2CCC[C@H]2O[Si](C(C)C)(C(C)C)C(C)C)cc1)(C(C)C)C(C)C. The lowest BCUT2D eigenvalue weighted by Crippen LogP contribution is -2.51. The minimum Gasteiger partial charge on any atom is -0.412 e. The van der Waals surface area contributed by atoms with Crippen LogP contribution in [0.3, 0.4) is 0 Å². The van der Waals surface area contributed by atoms with Crippen LogP contribution in [0.5, 0.6) is 0 Å². The summed E-state index contributed by atoms with van der Waals surface area (Å²) in [7, 11) is -3.66. The molecule has 0 unspecified atom stereocenters. The van der Waals surface area contributed by atoms with Gasteiger partial charge in [0, 0.05) is 22.0 Å². The highest BCUT2D eigenvalue weighted by Gasteiger charge is 2.49. The fraction of sp³-hybridized carbons (Fsp3) is 0.833. The maximum atomic E-state index is 7.27. The van der Waals surface area contributed by atoms with E-state index in [0.717, 1.165) is 11.5 Å². The standard InChI is InChI=1S/C36H66O2S2Si2/c1-25(2)41(26(3)4,27(5)6)37-33-15-13-17-35(33)39-23-31-19-21-32(22-20-31)24-40-36-18-14-16-34(36)38-42(28(7)8,29(9)10)30(11)12/h19-22,25-30,33-36H,13-18,23-24H2,1-12H3/t33-,34-,35-,36-/m1/s1. The Kier molecular flexibility index (Phi) is 14.2. The molecule has 0 heterocycles. The summed E-state index contributed by atoms with van der Waals surface area (Å²) >= 11 is 4.30. The van der Waals surface area contributed by atoms with Crippen molar-refractivity contribution in [2.24, 2.45) is 0 Å². The van der Waals surface area contributed by atoms with Gasteiger partial charge >= 0.3 is 0 Å². The van der Waals surface area contributed by atoms with Crippen LogP contribution in [0.2, 0.25) is 33.2 Å². The highest BCUT2D eigenvalue weighted by atomic mass is 32.2. The number of rotatable bonds is 16. The zero-order valence-electron chi connectivity index (χ0n) is 29.4. The Bertz CT molecular complexity index is 812. The predicted molar refractivity (Wildman–Crippen MR) is 196 cm³/mol. The summed E-state index contributed by atoms with van der Waals surface area (Å²) in [6.45, 7) is 29.0. The first-order valence-electron chi connectivity index (χ1n) is 17.4. The topological polar surface area (TPSA) is 18.5 Å². The predicted octanol–water partition coefficient (Wildman–Crippen LogP) is 12.4. The molecule has 0 saturated heterocycles. The van der Waals surface area contributed by atoms with Gasteiger partial charge in [-0.25, -0.2) is 0 Å². The van der Waals surface area contributed by atoms with Crippen molar-refractivity contribution >= 4 is 40.2 Å². The van der Waals surface area contributed by atoms with Crippen LogP contribution in [0, 0.1) is 0 Å². The molecule has 2 fully saturated rings. The van der Waals surface area contributed by atoms with Crippen molar-refractivity contribution in [1.29, 1.82) is 0 Å². The Balaban J connectivity index is 1.55. The average molecular weight is 651 g/mol. The van der Waals surface area contributed by atoms with Crippen molar-refractivity contribution in [2.45, 2.75) is 189 Å². The molecule has 2 nitrogen and oxygen atoms in total. The molecule has 0 N–H and O–H groups in total. The van der Waals surface area contributed by atoms with Crippen LogP contribution in [-0.4, -0.2) is 39.3 Å². The Morgan fingerprint density at radius 2 is 0.810 bits per heavy atom. The van der Waals surface area contributed by atoms with Crippen LogP contribution in [0.25, 0.3) is 0 Å². The molecule has 242 valence electrons. The average Bonchev–Trinajstić information content (AvgIpc) is 3.55. The van der Waals surface area contributed by atoms with Gasteiger partial charge in [-0.2, -0.15) is 23.5 Å². The van der Waals surface area contributed by atoms with E-state index >= 15 is 0 Å². The zero-order valence-corrected chi connectivity index (χ0v) is 33.0. The highest BCUT2D eigenvalue weighted by Crippen LogP contribution is 2.48. The number of benzene rings is 1. The third kappa shape index (κ3) is 8.35. The van der Waals surface area contributed by atoms with E-state index in [1.807, 2.05) is 0 Å². The Morgan fingerprint density at radius 1 is 0.524 bits per heavy atom. The maximum Gasteiger partial charge on any atom is 0.200 e. The molecule has 1 aromatic rings. The second-order valence-corrected chi connectivity index (χ2v) is 28.6. The van der Waals surface area contributed by atoms with Gasteiger partial charge < -0.3 is 8.85 Å². The second-order valence-electron chi connectivity index (χ2n) is 15.3. The van der Waals surface area contributed by atoms with Crippen molar-refractivity contribution in [2.75, 3.05) is 0 Å². The van der Waals surface area contributed by atoms with E-state index < -0.39 is 16.6 Å². The van der Waals surface area contributed by atoms with Gasteiger partial charge in [-0.05, 0) is 82.9 Å². The third-order valence-electron chi connectivity index (χ3n) is 10.9. The fourth-order valence-electron chi connectivity index (χ4n) is 8.91. The number of hydrogen-bond donors (Lipinski definition) is 0. The molecule has 0 amide bonds.